The third kappa shape index (κ3) is 3.56. The van der Waals surface area contributed by atoms with Crippen molar-refractivity contribution in [1.82, 2.24) is 14.8 Å². The van der Waals surface area contributed by atoms with Gasteiger partial charge in [0.2, 0.25) is 0 Å². The molecule has 2 fully saturated rings. The van der Waals surface area contributed by atoms with Gasteiger partial charge < -0.3 is 19.5 Å². The van der Waals surface area contributed by atoms with Gasteiger partial charge in [0, 0.05) is 38.7 Å². The van der Waals surface area contributed by atoms with Crippen LogP contribution in [0, 0.1) is 0 Å². The second-order valence-corrected chi connectivity index (χ2v) is 7.62. The van der Waals surface area contributed by atoms with Crippen LogP contribution in [-0.4, -0.2) is 58.6 Å². The smallest absolute Gasteiger partial charge is 0.410 e. The van der Waals surface area contributed by atoms with E-state index >= 15 is 0 Å². The second kappa shape index (κ2) is 7.10. The van der Waals surface area contributed by atoms with E-state index in [1.807, 2.05) is 34.1 Å². The van der Waals surface area contributed by atoms with E-state index in [0.717, 1.165) is 0 Å². The van der Waals surface area contributed by atoms with E-state index in [-0.39, 0.29) is 17.9 Å². The Morgan fingerprint density at radius 2 is 1.93 bits per heavy atom. The Morgan fingerprint density at radius 3 is 2.59 bits per heavy atom. The first-order valence-electron chi connectivity index (χ1n) is 9.52. The highest BCUT2D eigenvalue weighted by Gasteiger charge is 2.47. The van der Waals surface area contributed by atoms with Gasteiger partial charge in [0.1, 0.15) is 11.3 Å². The number of benzene rings is 1. The summed E-state index contributed by atoms with van der Waals surface area (Å²) in [4.78, 5) is 31.5. The average Bonchev–Trinajstić information content (AvgIpc) is 3.32. The van der Waals surface area contributed by atoms with Gasteiger partial charge in [0.05, 0.1) is 6.54 Å². The molecule has 1 atom stereocenters. The van der Waals surface area contributed by atoms with Crippen molar-refractivity contribution in [3.05, 3.63) is 59.9 Å². The molecule has 1 aromatic heterocycles. The number of carbonyl (C=O) groups excluding carboxylic acids is 2. The van der Waals surface area contributed by atoms with Crippen LogP contribution in [0.5, 0.6) is 0 Å². The zero-order chi connectivity index (χ0) is 18.9. The monoisotopic (exact) mass is 367 g/mol. The number of nitrogens with zero attached hydrogens (tertiary/aromatic N) is 2. The molecule has 2 saturated heterocycles. The van der Waals surface area contributed by atoms with Gasteiger partial charge in [-0.15, -0.1) is 0 Å². The van der Waals surface area contributed by atoms with E-state index in [9.17, 15) is 9.59 Å². The largest absolute Gasteiger partial charge is 0.441 e. The highest BCUT2D eigenvalue weighted by molar-refractivity contribution is 5.92. The molecule has 0 radical (unpaired) electrons. The minimum atomic E-state index is -0.458. The molecule has 0 aliphatic carbocycles. The maximum Gasteiger partial charge on any atom is 0.410 e. The summed E-state index contributed by atoms with van der Waals surface area (Å²) in [6.45, 7) is 4.59. The molecule has 6 heteroatoms. The first-order chi connectivity index (χ1) is 13.1. The molecule has 142 valence electrons. The number of amides is 2. The Labute approximate surface area is 159 Å². The van der Waals surface area contributed by atoms with E-state index in [2.05, 4.69) is 24.0 Å². The molecule has 6 nitrogen and oxygen atoms in total. The number of aromatic nitrogens is 1. The zero-order valence-electron chi connectivity index (χ0n) is 15.6. The minimum Gasteiger partial charge on any atom is -0.441 e. The molecule has 3 heterocycles. The molecule has 1 N–H and O–H groups in total. The van der Waals surface area contributed by atoms with Crippen molar-refractivity contribution in [3.8, 4) is 0 Å². The zero-order valence-corrected chi connectivity index (χ0v) is 15.6. The fourth-order valence-corrected chi connectivity index (χ4v) is 4.06. The lowest BCUT2D eigenvalue weighted by molar-refractivity contribution is 0.00298. The first-order valence-corrected chi connectivity index (χ1v) is 9.52. The van der Waals surface area contributed by atoms with E-state index < -0.39 is 5.60 Å². The fraction of sp³-hybridized carbons (Fsp3) is 0.429. The highest BCUT2D eigenvalue weighted by Crippen LogP contribution is 2.34. The molecule has 4 rings (SSSR count). The van der Waals surface area contributed by atoms with Gasteiger partial charge in [-0.2, -0.15) is 0 Å². The van der Waals surface area contributed by atoms with Crippen molar-refractivity contribution < 1.29 is 14.3 Å². The molecule has 0 unspecified atom stereocenters. The molecule has 2 amide bonds. The van der Waals surface area contributed by atoms with Gasteiger partial charge in [0.25, 0.3) is 5.91 Å². The number of nitrogens with one attached hydrogen (secondary N) is 1. The Hall–Kier alpha value is -2.76. The van der Waals surface area contributed by atoms with Crippen LogP contribution in [0.25, 0.3) is 0 Å². The maximum atomic E-state index is 12.5. The summed E-state index contributed by atoms with van der Waals surface area (Å²) in [5, 5.41) is 0. The summed E-state index contributed by atoms with van der Waals surface area (Å²) >= 11 is 0. The molecular weight excluding hydrogens is 342 g/mol. The lowest BCUT2D eigenvalue weighted by atomic mass is 9.90. The number of piperidine rings is 1. The molecule has 2 aromatic rings. The third-order valence-electron chi connectivity index (χ3n) is 5.69. The van der Waals surface area contributed by atoms with Gasteiger partial charge in [0.15, 0.2) is 0 Å². The summed E-state index contributed by atoms with van der Waals surface area (Å²) in [6.07, 6.45) is 2.88. The fourth-order valence-electron chi connectivity index (χ4n) is 4.06. The van der Waals surface area contributed by atoms with Gasteiger partial charge in [-0.05, 0) is 23.6 Å². The summed E-state index contributed by atoms with van der Waals surface area (Å²) in [7, 11) is 0. The summed E-state index contributed by atoms with van der Waals surface area (Å²) in [5.74, 6) is 0.261. The average molecular weight is 367 g/mol. The molecular formula is C21H25N3O3. The number of ether oxygens (including phenoxy) is 1. The van der Waals surface area contributed by atoms with Gasteiger partial charge in [-0.25, -0.2) is 4.79 Å². The molecule has 27 heavy (non-hydrogen) atoms. The van der Waals surface area contributed by atoms with Crippen molar-refractivity contribution in [3.63, 3.8) is 0 Å². The van der Waals surface area contributed by atoms with Crippen molar-refractivity contribution >= 4 is 12.0 Å². The Balaban J connectivity index is 1.36. The van der Waals surface area contributed by atoms with E-state index in [4.69, 9.17) is 4.74 Å². The SMILES string of the molecule is C[C@H](CN1CC2(CCN(C(=O)c3ccc[nH]3)CC2)OC1=O)c1ccccc1. The van der Waals surface area contributed by atoms with Crippen LogP contribution in [0.2, 0.25) is 0 Å². The maximum absolute atomic E-state index is 12.5. The number of likely N-dealkylation sites (tertiary alicyclic amines) is 1. The first kappa shape index (κ1) is 17.6. The van der Waals surface area contributed by atoms with Crippen molar-refractivity contribution in [2.24, 2.45) is 0 Å². The second-order valence-electron chi connectivity index (χ2n) is 7.62. The molecule has 0 bridgehead atoms. The Kier molecular flexibility index (Phi) is 4.64. The molecule has 2 aliphatic heterocycles. The number of hydrogen-bond acceptors (Lipinski definition) is 3. The molecule has 2 aliphatic rings. The number of hydrogen-bond donors (Lipinski definition) is 1. The Morgan fingerprint density at radius 1 is 1.19 bits per heavy atom. The number of rotatable bonds is 4. The predicted octanol–water partition coefficient (Wildman–Crippen LogP) is 3.25. The van der Waals surface area contributed by atoms with Crippen LogP contribution < -0.4 is 0 Å². The molecule has 1 spiro atoms. The van der Waals surface area contributed by atoms with Crippen molar-refractivity contribution in [1.29, 1.82) is 0 Å². The highest BCUT2D eigenvalue weighted by atomic mass is 16.6. The van der Waals surface area contributed by atoms with Crippen LogP contribution in [0.1, 0.15) is 41.7 Å². The standard InChI is InChI=1S/C21H25N3O3/c1-16(17-6-3-2-4-7-17)14-24-15-21(27-20(24)26)9-12-23(13-10-21)19(25)18-8-5-11-22-18/h2-8,11,16,22H,9-10,12-15H2,1H3/t16-/m1/s1. The van der Waals surface area contributed by atoms with Crippen LogP contribution in [0.4, 0.5) is 4.79 Å². The number of H-pyrrole nitrogens is 1. The van der Waals surface area contributed by atoms with E-state index in [1.165, 1.54) is 5.56 Å². The van der Waals surface area contributed by atoms with Crippen LogP contribution in [0.3, 0.4) is 0 Å². The van der Waals surface area contributed by atoms with Gasteiger partial charge in [-0.1, -0.05) is 37.3 Å². The normalized spacial score (nSPS) is 20.0. The number of aromatic amines is 1. The summed E-state index contributed by atoms with van der Waals surface area (Å²) in [5.41, 5.74) is 1.37. The van der Waals surface area contributed by atoms with E-state index in [1.54, 1.807) is 12.3 Å². The summed E-state index contributed by atoms with van der Waals surface area (Å²) < 4.78 is 5.80. The van der Waals surface area contributed by atoms with Crippen molar-refractivity contribution in [2.75, 3.05) is 26.2 Å². The lowest BCUT2D eigenvalue weighted by Crippen LogP contribution is -2.49. The lowest BCUT2D eigenvalue weighted by Gasteiger charge is -2.37. The van der Waals surface area contributed by atoms with Crippen LogP contribution in [0.15, 0.2) is 48.7 Å². The Bertz CT molecular complexity index is 795. The van der Waals surface area contributed by atoms with E-state index in [0.29, 0.717) is 44.7 Å². The van der Waals surface area contributed by atoms with Crippen LogP contribution >= 0.6 is 0 Å². The third-order valence-corrected chi connectivity index (χ3v) is 5.69. The van der Waals surface area contributed by atoms with Gasteiger partial charge in [-0.3, -0.25) is 4.79 Å². The van der Waals surface area contributed by atoms with Gasteiger partial charge >= 0.3 is 6.09 Å². The molecule has 0 saturated carbocycles. The van der Waals surface area contributed by atoms with Crippen LogP contribution in [-0.2, 0) is 4.74 Å². The minimum absolute atomic E-state index is 0.00808. The topological polar surface area (TPSA) is 65.6 Å². The van der Waals surface area contributed by atoms with Crippen molar-refractivity contribution in [2.45, 2.75) is 31.3 Å². The number of carbonyl (C=O) groups is 2. The summed E-state index contributed by atoms with van der Waals surface area (Å²) in [6, 6.07) is 13.8. The molecule has 1 aromatic carbocycles. The quantitative estimate of drug-likeness (QED) is 0.902. The predicted molar refractivity (Wildman–Crippen MR) is 102 cm³/mol.